The number of nitrogens with one attached hydrogen (secondary N) is 1. The summed E-state index contributed by atoms with van der Waals surface area (Å²) in [6.07, 6.45) is 0. The normalized spacial score (nSPS) is 11.6. The van der Waals surface area contributed by atoms with Gasteiger partial charge in [-0.15, -0.1) is 0 Å². The van der Waals surface area contributed by atoms with Crippen molar-refractivity contribution in [1.29, 1.82) is 0 Å². The van der Waals surface area contributed by atoms with Crippen LogP contribution in [0.25, 0.3) is 10.8 Å². The number of carbonyl (C=O) groups is 2. The number of amides is 1. The van der Waals surface area contributed by atoms with Gasteiger partial charge in [0.05, 0.1) is 11.1 Å². The Bertz CT molecular complexity index is 984. The SMILES string of the molecule is C[C@@H](NC(=O)COC(=O)COc1ccccc1Cl)c1cccc2ccccc12. The monoisotopic (exact) mass is 397 g/mol. The van der Waals surface area contributed by atoms with Crippen molar-refractivity contribution in [3.05, 3.63) is 77.3 Å². The Morgan fingerprint density at radius 3 is 2.50 bits per heavy atom. The van der Waals surface area contributed by atoms with Gasteiger partial charge in [-0.25, -0.2) is 4.79 Å². The second kappa shape index (κ2) is 9.24. The molecule has 3 aromatic rings. The number of hydrogen-bond donors (Lipinski definition) is 1. The van der Waals surface area contributed by atoms with Crippen molar-refractivity contribution in [3.63, 3.8) is 0 Å². The largest absolute Gasteiger partial charge is 0.480 e. The predicted octanol–water partition coefficient (Wildman–Crippen LogP) is 4.29. The Kier molecular flexibility index (Phi) is 6.50. The fourth-order valence-electron chi connectivity index (χ4n) is 2.88. The van der Waals surface area contributed by atoms with Gasteiger partial charge >= 0.3 is 5.97 Å². The molecule has 144 valence electrons. The number of carbonyl (C=O) groups excluding carboxylic acids is 2. The summed E-state index contributed by atoms with van der Waals surface area (Å²) in [5, 5.41) is 5.42. The topological polar surface area (TPSA) is 64.6 Å². The molecule has 0 aliphatic heterocycles. The molecule has 0 heterocycles. The fraction of sp³-hybridized carbons (Fsp3) is 0.182. The van der Waals surface area contributed by atoms with Crippen LogP contribution in [0.15, 0.2) is 66.7 Å². The van der Waals surface area contributed by atoms with E-state index in [-0.39, 0.29) is 25.2 Å². The van der Waals surface area contributed by atoms with Crippen LogP contribution in [0.1, 0.15) is 18.5 Å². The molecule has 0 saturated heterocycles. The lowest BCUT2D eigenvalue weighted by Gasteiger charge is -2.16. The molecular formula is C22H20ClNO4. The summed E-state index contributed by atoms with van der Waals surface area (Å²) < 4.78 is 10.3. The van der Waals surface area contributed by atoms with E-state index < -0.39 is 5.97 Å². The number of fused-ring (bicyclic) bond motifs is 1. The zero-order chi connectivity index (χ0) is 19.9. The van der Waals surface area contributed by atoms with Gasteiger partial charge in [-0.05, 0) is 35.4 Å². The third kappa shape index (κ3) is 5.02. The third-order valence-corrected chi connectivity index (χ3v) is 4.53. The van der Waals surface area contributed by atoms with Crippen LogP contribution in [0.3, 0.4) is 0 Å². The molecule has 0 aliphatic rings. The third-order valence-electron chi connectivity index (χ3n) is 4.21. The zero-order valence-corrected chi connectivity index (χ0v) is 16.1. The first-order chi connectivity index (χ1) is 13.5. The first-order valence-corrected chi connectivity index (χ1v) is 9.22. The Labute approximate surface area is 168 Å². The molecule has 0 aliphatic carbocycles. The highest BCUT2D eigenvalue weighted by molar-refractivity contribution is 6.32. The van der Waals surface area contributed by atoms with Crippen molar-refractivity contribution in [3.8, 4) is 5.75 Å². The molecule has 1 N–H and O–H groups in total. The number of benzene rings is 3. The minimum Gasteiger partial charge on any atom is -0.480 e. The fourth-order valence-corrected chi connectivity index (χ4v) is 3.07. The molecule has 3 rings (SSSR count). The van der Waals surface area contributed by atoms with Crippen molar-refractivity contribution in [2.75, 3.05) is 13.2 Å². The summed E-state index contributed by atoms with van der Waals surface area (Å²) in [4.78, 5) is 23.9. The van der Waals surface area contributed by atoms with Crippen LogP contribution in [0.2, 0.25) is 5.02 Å². The Morgan fingerprint density at radius 1 is 0.964 bits per heavy atom. The minimum atomic E-state index is -0.645. The van der Waals surface area contributed by atoms with Gasteiger partial charge in [0.25, 0.3) is 5.91 Å². The van der Waals surface area contributed by atoms with Gasteiger partial charge in [-0.3, -0.25) is 4.79 Å². The summed E-state index contributed by atoms with van der Waals surface area (Å²) >= 11 is 5.95. The summed E-state index contributed by atoms with van der Waals surface area (Å²) in [5.74, 6) is -0.644. The lowest BCUT2D eigenvalue weighted by atomic mass is 10.00. The van der Waals surface area contributed by atoms with Crippen molar-refractivity contribution in [2.45, 2.75) is 13.0 Å². The molecule has 0 radical (unpaired) electrons. The van der Waals surface area contributed by atoms with Crippen LogP contribution < -0.4 is 10.1 Å². The van der Waals surface area contributed by atoms with Crippen molar-refractivity contribution >= 4 is 34.2 Å². The molecule has 0 spiro atoms. The molecule has 5 nitrogen and oxygen atoms in total. The minimum absolute atomic E-state index is 0.225. The van der Waals surface area contributed by atoms with Gasteiger partial charge in [-0.1, -0.05) is 66.2 Å². The molecular weight excluding hydrogens is 378 g/mol. The first-order valence-electron chi connectivity index (χ1n) is 8.84. The van der Waals surface area contributed by atoms with Crippen LogP contribution >= 0.6 is 11.6 Å². The highest BCUT2D eigenvalue weighted by Gasteiger charge is 2.14. The highest BCUT2D eigenvalue weighted by atomic mass is 35.5. The van der Waals surface area contributed by atoms with Gasteiger partial charge in [0.2, 0.25) is 0 Å². The molecule has 0 unspecified atom stereocenters. The Hall–Kier alpha value is -3.05. The predicted molar refractivity (Wildman–Crippen MR) is 108 cm³/mol. The number of halogens is 1. The van der Waals surface area contributed by atoms with E-state index in [1.165, 1.54) is 0 Å². The maximum Gasteiger partial charge on any atom is 0.344 e. The number of para-hydroxylation sites is 1. The molecule has 0 aromatic heterocycles. The van der Waals surface area contributed by atoms with E-state index in [4.69, 9.17) is 21.1 Å². The van der Waals surface area contributed by atoms with Gasteiger partial charge in [0.15, 0.2) is 13.2 Å². The molecule has 0 fully saturated rings. The van der Waals surface area contributed by atoms with E-state index in [0.717, 1.165) is 16.3 Å². The molecule has 0 bridgehead atoms. The van der Waals surface area contributed by atoms with E-state index in [2.05, 4.69) is 5.32 Å². The maximum atomic E-state index is 12.1. The Morgan fingerprint density at radius 2 is 1.68 bits per heavy atom. The number of esters is 1. The number of rotatable bonds is 7. The average Bonchev–Trinajstić information content (AvgIpc) is 2.71. The van der Waals surface area contributed by atoms with Gasteiger partial charge in [0.1, 0.15) is 5.75 Å². The highest BCUT2D eigenvalue weighted by Crippen LogP contribution is 2.24. The molecule has 3 aromatic carbocycles. The summed E-state index contributed by atoms with van der Waals surface area (Å²) in [6.45, 7) is 1.19. The van der Waals surface area contributed by atoms with Crippen molar-refractivity contribution in [2.24, 2.45) is 0 Å². The lowest BCUT2D eigenvalue weighted by molar-refractivity contribution is -0.150. The van der Waals surface area contributed by atoms with Crippen LogP contribution in [-0.4, -0.2) is 25.1 Å². The van der Waals surface area contributed by atoms with Gasteiger partial charge in [-0.2, -0.15) is 0 Å². The molecule has 6 heteroatoms. The van der Waals surface area contributed by atoms with Crippen molar-refractivity contribution < 1.29 is 19.1 Å². The van der Waals surface area contributed by atoms with E-state index in [0.29, 0.717) is 10.8 Å². The van der Waals surface area contributed by atoms with Crippen molar-refractivity contribution in [1.82, 2.24) is 5.32 Å². The van der Waals surface area contributed by atoms with Crippen LogP contribution in [0, 0.1) is 0 Å². The maximum absolute atomic E-state index is 12.1. The van der Waals surface area contributed by atoms with E-state index in [1.54, 1.807) is 24.3 Å². The van der Waals surface area contributed by atoms with Crippen LogP contribution in [0.5, 0.6) is 5.75 Å². The van der Waals surface area contributed by atoms with E-state index in [1.807, 2.05) is 49.4 Å². The first kappa shape index (κ1) is 19.7. The quantitative estimate of drug-likeness (QED) is 0.604. The average molecular weight is 398 g/mol. The summed E-state index contributed by atoms with van der Waals surface area (Å²) in [6, 6.07) is 20.5. The summed E-state index contributed by atoms with van der Waals surface area (Å²) in [5.41, 5.74) is 1.000. The number of hydrogen-bond acceptors (Lipinski definition) is 4. The van der Waals surface area contributed by atoms with Gasteiger partial charge in [0, 0.05) is 0 Å². The molecule has 1 amide bonds. The molecule has 1 atom stereocenters. The standard InChI is InChI=1S/C22H20ClNO4/c1-15(17-10-6-8-16-7-2-3-9-18(16)17)24-21(25)13-28-22(26)14-27-20-12-5-4-11-19(20)23/h2-12,15H,13-14H2,1H3,(H,24,25)/t15-/m1/s1. The Balaban J connectivity index is 1.49. The van der Waals surface area contributed by atoms with E-state index in [9.17, 15) is 9.59 Å². The number of ether oxygens (including phenoxy) is 2. The smallest absolute Gasteiger partial charge is 0.344 e. The second-order valence-electron chi connectivity index (χ2n) is 6.24. The van der Waals surface area contributed by atoms with E-state index >= 15 is 0 Å². The second-order valence-corrected chi connectivity index (χ2v) is 6.64. The van der Waals surface area contributed by atoms with Crippen LogP contribution in [0.4, 0.5) is 0 Å². The van der Waals surface area contributed by atoms with Crippen LogP contribution in [-0.2, 0) is 14.3 Å². The zero-order valence-electron chi connectivity index (χ0n) is 15.4. The molecule has 0 saturated carbocycles. The molecule has 28 heavy (non-hydrogen) atoms. The lowest BCUT2D eigenvalue weighted by Crippen LogP contribution is -2.32. The van der Waals surface area contributed by atoms with Gasteiger partial charge < -0.3 is 14.8 Å². The summed E-state index contributed by atoms with van der Waals surface area (Å²) in [7, 11) is 0.